The molecule has 3 nitrogen and oxygen atoms in total. The molecule has 2 heterocycles. The van der Waals surface area contributed by atoms with Crippen LogP contribution in [-0.4, -0.2) is 42.5 Å². The molecule has 0 unspecified atom stereocenters. The van der Waals surface area contributed by atoms with Crippen LogP contribution in [0.3, 0.4) is 0 Å². The Kier molecular flexibility index (Phi) is 3.91. The van der Waals surface area contributed by atoms with E-state index in [0.29, 0.717) is 0 Å². The van der Waals surface area contributed by atoms with Gasteiger partial charge in [-0.15, -0.1) is 0 Å². The van der Waals surface area contributed by atoms with E-state index in [2.05, 4.69) is 0 Å². The molecular weight excluding hydrogens is 289 g/mol. The minimum atomic E-state index is -4.37. The first-order valence-electron chi connectivity index (χ1n) is 6.64. The van der Waals surface area contributed by atoms with E-state index in [4.69, 9.17) is 9.31 Å². The van der Waals surface area contributed by atoms with E-state index < -0.39 is 43.4 Å². The number of allylic oxidation sites excluding steroid dienone is 2. The summed E-state index contributed by atoms with van der Waals surface area (Å²) < 4.78 is 62.4. The van der Waals surface area contributed by atoms with Crippen molar-refractivity contribution in [3.8, 4) is 0 Å². The molecule has 1 fully saturated rings. The first-order chi connectivity index (χ1) is 9.41. The van der Waals surface area contributed by atoms with Gasteiger partial charge in [0.2, 0.25) is 0 Å². The molecule has 0 amide bonds. The number of hydrogen-bond donors (Lipinski definition) is 0. The molecule has 0 bridgehead atoms. The maximum Gasteiger partial charge on any atom is 0.497 e. The van der Waals surface area contributed by atoms with Crippen LogP contribution in [0.1, 0.15) is 27.7 Å². The molecule has 0 aromatic rings. The molecule has 0 aliphatic carbocycles. The van der Waals surface area contributed by atoms with Crippen LogP contribution in [-0.2, 0) is 9.31 Å². The van der Waals surface area contributed by atoms with Gasteiger partial charge in [0.25, 0.3) is 0 Å². The molecule has 2 aliphatic heterocycles. The highest BCUT2D eigenvalue weighted by molar-refractivity contribution is 6.55. The van der Waals surface area contributed by atoms with Crippen LogP contribution in [0.4, 0.5) is 17.6 Å². The van der Waals surface area contributed by atoms with Crippen molar-refractivity contribution in [2.24, 2.45) is 0 Å². The maximum atomic E-state index is 14.1. The number of nitrogens with zero attached hydrogens (tertiary/aromatic N) is 1. The summed E-state index contributed by atoms with van der Waals surface area (Å²) >= 11 is 0. The smallest absolute Gasteiger partial charge is 0.399 e. The Labute approximate surface area is 121 Å². The lowest BCUT2D eigenvalue weighted by Gasteiger charge is -2.32. The number of alkyl halides is 3. The minimum Gasteiger partial charge on any atom is -0.399 e. The van der Waals surface area contributed by atoms with Gasteiger partial charge in [0.15, 0.2) is 0 Å². The Morgan fingerprint density at radius 2 is 1.71 bits per heavy atom. The van der Waals surface area contributed by atoms with E-state index in [1.165, 1.54) is 12.3 Å². The average Bonchev–Trinajstić information content (AvgIpc) is 2.45. The van der Waals surface area contributed by atoms with Gasteiger partial charge in [-0.25, -0.2) is 4.39 Å². The van der Waals surface area contributed by atoms with Gasteiger partial charge in [-0.2, -0.15) is 13.2 Å². The summed E-state index contributed by atoms with van der Waals surface area (Å²) in [6.45, 7) is 5.69. The summed E-state index contributed by atoms with van der Waals surface area (Å²) in [5.41, 5.74) is -1.10. The monoisotopic (exact) mass is 307 g/mol. The second-order valence-corrected chi connectivity index (χ2v) is 6.28. The van der Waals surface area contributed by atoms with Gasteiger partial charge < -0.3 is 14.2 Å². The van der Waals surface area contributed by atoms with Crippen molar-refractivity contribution in [2.75, 3.05) is 13.1 Å². The standard InChI is InChI=1S/C13H18BF4NO2/c1-11(2)12(3,4)21-14(20-11)9-5-6-19(7-10(9)15)8-13(16,17)18/h5-6H,7-8H2,1-4H3. The summed E-state index contributed by atoms with van der Waals surface area (Å²) in [5.74, 6) is -0.666. The van der Waals surface area contributed by atoms with E-state index in [-0.39, 0.29) is 5.47 Å². The molecule has 0 saturated carbocycles. The second kappa shape index (κ2) is 5.02. The lowest BCUT2D eigenvalue weighted by atomic mass is 9.76. The summed E-state index contributed by atoms with van der Waals surface area (Å²) in [5, 5.41) is 0. The third-order valence-electron chi connectivity index (χ3n) is 4.01. The van der Waals surface area contributed by atoms with Gasteiger partial charge in [0.05, 0.1) is 17.7 Å². The van der Waals surface area contributed by atoms with E-state index in [1.807, 2.05) is 27.7 Å². The van der Waals surface area contributed by atoms with Crippen molar-refractivity contribution in [3.05, 3.63) is 23.6 Å². The molecule has 0 N–H and O–H groups in total. The Morgan fingerprint density at radius 1 is 1.19 bits per heavy atom. The van der Waals surface area contributed by atoms with Gasteiger partial charge >= 0.3 is 13.3 Å². The zero-order valence-electron chi connectivity index (χ0n) is 12.4. The summed E-state index contributed by atoms with van der Waals surface area (Å²) in [7, 11) is -0.903. The Morgan fingerprint density at radius 3 is 2.14 bits per heavy atom. The lowest BCUT2D eigenvalue weighted by molar-refractivity contribution is -0.140. The normalized spacial score (nSPS) is 25.0. The van der Waals surface area contributed by atoms with Crippen LogP contribution >= 0.6 is 0 Å². The van der Waals surface area contributed by atoms with Crippen LogP contribution < -0.4 is 0 Å². The largest absolute Gasteiger partial charge is 0.497 e. The highest BCUT2D eigenvalue weighted by Crippen LogP contribution is 2.40. The van der Waals surface area contributed by atoms with Crippen molar-refractivity contribution in [3.63, 3.8) is 0 Å². The topological polar surface area (TPSA) is 21.7 Å². The van der Waals surface area contributed by atoms with E-state index in [1.54, 1.807) is 0 Å². The molecule has 2 rings (SSSR count). The summed E-state index contributed by atoms with van der Waals surface area (Å²) in [6.07, 6.45) is -1.86. The van der Waals surface area contributed by atoms with E-state index in [0.717, 1.165) is 4.90 Å². The lowest BCUT2D eigenvalue weighted by Crippen LogP contribution is -2.41. The first kappa shape index (κ1) is 16.4. The van der Waals surface area contributed by atoms with Crippen molar-refractivity contribution >= 4 is 7.12 Å². The fourth-order valence-electron chi connectivity index (χ4n) is 2.11. The van der Waals surface area contributed by atoms with Gasteiger partial charge in [-0.1, -0.05) is 0 Å². The van der Waals surface area contributed by atoms with Gasteiger partial charge in [0.1, 0.15) is 12.4 Å². The number of halogens is 4. The van der Waals surface area contributed by atoms with Crippen LogP contribution in [0.5, 0.6) is 0 Å². The maximum absolute atomic E-state index is 14.1. The highest BCUT2D eigenvalue weighted by Gasteiger charge is 2.53. The quantitative estimate of drug-likeness (QED) is 0.577. The summed E-state index contributed by atoms with van der Waals surface area (Å²) in [6, 6.07) is 0. The van der Waals surface area contributed by atoms with E-state index >= 15 is 0 Å². The molecule has 0 radical (unpaired) electrons. The molecule has 1 saturated heterocycles. The van der Waals surface area contributed by atoms with Crippen molar-refractivity contribution in [1.82, 2.24) is 4.90 Å². The second-order valence-electron chi connectivity index (χ2n) is 6.28. The predicted molar refractivity (Wildman–Crippen MR) is 71.0 cm³/mol. The highest BCUT2D eigenvalue weighted by atomic mass is 19.4. The number of hydrogen-bond acceptors (Lipinski definition) is 3. The fraction of sp³-hybridized carbons (Fsp3) is 0.692. The van der Waals surface area contributed by atoms with Crippen LogP contribution in [0.25, 0.3) is 0 Å². The first-order valence-corrected chi connectivity index (χ1v) is 6.64. The van der Waals surface area contributed by atoms with Crippen LogP contribution in [0.15, 0.2) is 23.6 Å². The Balaban J connectivity index is 2.10. The molecule has 0 atom stereocenters. The molecule has 0 aromatic carbocycles. The third-order valence-corrected chi connectivity index (χ3v) is 4.01. The molecule has 21 heavy (non-hydrogen) atoms. The molecule has 8 heteroatoms. The molecule has 0 spiro atoms. The van der Waals surface area contributed by atoms with Crippen LogP contribution in [0.2, 0.25) is 0 Å². The molecule has 0 aromatic heterocycles. The molecular formula is C13H18BF4NO2. The minimum absolute atomic E-state index is 0.145. The van der Waals surface area contributed by atoms with Gasteiger partial charge in [-0.3, -0.25) is 0 Å². The summed E-state index contributed by atoms with van der Waals surface area (Å²) in [4.78, 5) is 0.865. The molecule has 2 aliphatic rings. The van der Waals surface area contributed by atoms with Crippen molar-refractivity contribution < 1.29 is 26.9 Å². The average molecular weight is 307 g/mol. The van der Waals surface area contributed by atoms with E-state index in [9.17, 15) is 17.6 Å². The zero-order valence-corrected chi connectivity index (χ0v) is 12.4. The Hall–Kier alpha value is -1.02. The van der Waals surface area contributed by atoms with Crippen LogP contribution in [0, 0.1) is 0 Å². The third kappa shape index (κ3) is 3.43. The van der Waals surface area contributed by atoms with Crippen molar-refractivity contribution in [1.29, 1.82) is 0 Å². The van der Waals surface area contributed by atoms with Gasteiger partial charge in [-0.05, 0) is 40.0 Å². The van der Waals surface area contributed by atoms with Gasteiger partial charge in [0, 0.05) is 5.47 Å². The zero-order chi connectivity index (χ0) is 16.1. The Bertz CT molecular complexity index is 469. The predicted octanol–water partition coefficient (Wildman–Crippen LogP) is 3.23. The SMILES string of the molecule is CC1(C)OB(C2=C(F)CN(CC(F)(F)F)C=C2)OC1(C)C. The van der Waals surface area contributed by atoms with Crippen molar-refractivity contribution in [2.45, 2.75) is 45.1 Å². The number of rotatable bonds is 2. The fourth-order valence-corrected chi connectivity index (χ4v) is 2.11. The molecule has 118 valence electrons.